The van der Waals surface area contributed by atoms with Crippen LogP contribution in [0.1, 0.15) is 43.8 Å². The minimum atomic E-state index is -1.26. The Labute approximate surface area is 192 Å². The number of benzene rings is 2. The van der Waals surface area contributed by atoms with Gasteiger partial charge in [-0.15, -0.1) is 0 Å². The Morgan fingerprint density at radius 2 is 1.56 bits per heavy atom. The SMILES string of the molecule is O=C(O)C=CC(=O)O.c1ccc2c(c1)OC(CCCN1CCCCC1)c1ccccc1S2. The van der Waals surface area contributed by atoms with Crippen LogP contribution in [0, 0.1) is 0 Å². The lowest BCUT2D eigenvalue weighted by molar-refractivity contribution is -0.134. The molecule has 0 spiro atoms. The summed E-state index contributed by atoms with van der Waals surface area (Å²) in [6.07, 6.45) is 7.71. The average molecular weight is 456 g/mol. The van der Waals surface area contributed by atoms with Crippen molar-refractivity contribution in [2.75, 3.05) is 19.6 Å². The molecule has 1 saturated heterocycles. The van der Waals surface area contributed by atoms with Gasteiger partial charge in [0.05, 0.1) is 4.90 Å². The second kappa shape index (κ2) is 12.3. The molecular formula is C25H29NO5S. The summed E-state index contributed by atoms with van der Waals surface area (Å²) < 4.78 is 6.43. The first-order valence-corrected chi connectivity index (χ1v) is 11.7. The van der Waals surface area contributed by atoms with E-state index in [1.165, 1.54) is 60.7 Å². The van der Waals surface area contributed by atoms with Crippen LogP contribution in [-0.2, 0) is 9.59 Å². The Kier molecular flexibility index (Phi) is 9.19. The largest absolute Gasteiger partial charge is 0.485 e. The Morgan fingerprint density at radius 1 is 0.938 bits per heavy atom. The number of hydrogen-bond donors (Lipinski definition) is 2. The summed E-state index contributed by atoms with van der Waals surface area (Å²) in [6.45, 7) is 3.76. The molecule has 0 bridgehead atoms. The van der Waals surface area contributed by atoms with Gasteiger partial charge in [0.1, 0.15) is 11.9 Å². The third kappa shape index (κ3) is 7.43. The van der Waals surface area contributed by atoms with Gasteiger partial charge in [-0.2, -0.15) is 0 Å². The number of likely N-dealkylation sites (tertiary alicyclic amines) is 1. The average Bonchev–Trinajstić information content (AvgIpc) is 2.95. The molecule has 2 aliphatic heterocycles. The third-order valence-electron chi connectivity index (χ3n) is 5.36. The second-order valence-corrected chi connectivity index (χ2v) is 8.83. The number of ether oxygens (including phenoxy) is 1. The van der Waals surface area contributed by atoms with Gasteiger partial charge in [0.15, 0.2) is 0 Å². The summed E-state index contributed by atoms with van der Waals surface area (Å²) in [5.41, 5.74) is 1.34. The number of rotatable bonds is 6. The highest BCUT2D eigenvalue weighted by Crippen LogP contribution is 2.44. The van der Waals surface area contributed by atoms with Crippen molar-refractivity contribution in [1.29, 1.82) is 0 Å². The monoisotopic (exact) mass is 455 g/mol. The molecule has 4 rings (SSSR count). The van der Waals surface area contributed by atoms with Crippen molar-refractivity contribution in [3.63, 3.8) is 0 Å². The van der Waals surface area contributed by atoms with Gasteiger partial charge in [-0.3, -0.25) is 0 Å². The molecular weight excluding hydrogens is 426 g/mol. The molecule has 170 valence electrons. The van der Waals surface area contributed by atoms with Gasteiger partial charge in [-0.05, 0) is 63.5 Å². The van der Waals surface area contributed by atoms with Crippen molar-refractivity contribution < 1.29 is 24.5 Å². The molecule has 32 heavy (non-hydrogen) atoms. The zero-order valence-corrected chi connectivity index (χ0v) is 18.8. The Balaban J connectivity index is 0.000000312. The van der Waals surface area contributed by atoms with Gasteiger partial charge in [-0.1, -0.05) is 48.5 Å². The molecule has 2 aromatic rings. The lowest BCUT2D eigenvalue weighted by Gasteiger charge is -2.27. The number of carboxylic acid groups (broad SMARTS) is 2. The Hall–Kier alpha value is -2.77. The van der Waals surface area contributed by atoms with E-state index in [0.29, 0.717) is 12.2 Å². The maximum absolute atomic E-state index is 9.55. The number of piperidine rings is 1. The van der Waals surface area contributed by atoms with Gasteiger partial charge in [0, 0.05) is 22.6 Å². The Morgan fingerprint density at radius 3 is 2.25 bits per heavy atom. The van der Waals surface area contributed by atoms with Crippen LogP contribution < -0.4 is 4.74 Å². The first-order valence-electron chi connectivity index (χ1n) is 10.9. The van der Waals surface area contributed by atoms with Gasteiger partial charge >= 0.3 is 11.9 Å². The van der Waals surface area contributed by atoms with Crippen LogP contribution in [0.25, 0.3) is 0 Å². The van der Waals surface area contributed by atoms with E-state index in [9.17, 15) is 9.59 Å². The van der Waals surface area contributed by atoms with Crippen LogP contribution in [0.15, 0.2) is 70.5 Å². The third-order valence-corrected chi connectivity index (χ3v) is 6.51. The predicted octanol–water partition coefficient (Wildman–Crippen LogP) is 5.25. The molecule has 7 heteroatoms. The van der Waals surface area contributed by atoms with Crippen molar-refractivity contribution in [1.82, 2.24) is 4.90 Å². The number of fused-ring (bicyclic) bond motifs is 2. The van der Waals surface area contributed by atoms with E-state index in [4.69, 9.17) is 14.9 Å². The molecule has 1 fully saturated rings. The van der Waals surface area contributed by atoms with Gasteiger partial charge in [0.2, 0.25) is 0 Å². The van der Waals surface area contributed by atoms with Crippen LogP contribution in [-0.4, -0.2) is 46.7 Å². The smallest absolute Gasteiger partial charge is 0.328 e. The van der Waals surface area contributed by atoms with Crippen molar-refractivity contribution in [3.05, 3.63) is 66.2 Å². The fourth-order valence-electron chi connectivity index (χ4n) is 3.85. The fraction of sp³-hybridized carbons (Fsp3) is 0.360. The highest BCUT2D eigenvalue weighted by atomic mass is 32.2. The number of nitrogens with zero attached hydrogens (tertiary/aromatic N) is 1. The molecule has 2 aliphatic rings. The summed E-state index contributed by atoms with van der Waals surface area (Å²) in [5, 5.41) is 15.6. The molecule has 2 aromatic carbocycles. The van der Waals surface area contributed by atoms with E-state index < -0.39 is 11.9 Å². The maximum atomic E-state index is 9.55. The minimum Gasteiger partial charge on any atom is -0.485 e. The normalized spacial score (nSPS) is 17.8. The summed E-state index contributed by atoms with van der Waals surface area (Å²) in [7, 11) is 0. The molecule has 2 N–H and O–H groups in total. The lowest BCUT2D eigenvalue weighted by Crippen LogP contribution is -2.30. The van der Waals surface area contributed by atoms with E-state index in [1.54, 1.807) is 0 Å². The number of hydrogen-bond acceptors (Lipinski definition) is 5. The van der Waals surface area contributed by atoms with E-state index in [-0.39, 0.29) is 6.10 Å². The van der Waals surface area contributed by atoms with Crippen LogP contribution in [0.5, 0.6) is 5.75 Å². The van der Waals surface area contributed by atoms with Gasteiger partial charge in [0.25, 0.3) is 0 Å². The van der Waals surface area contributed by atoms with Crippen LogP contribution in [0.4, 0.5) is 0 Å². The van der Waals surface area contributed by atoms with Crippen molar-refractivity contribution in [2.45, 2.75) is 48.0 Å². The van der Waals surface area contributed by atoms with Crippen molar-refractivity contribution in [3.8, 4) is 5.75 Å². The highest BCUT2D eigenvalue weighted by molar-refractivity contribution is 7.99. The zero-order chi connectivity index (χ0) is 22.8. The zero-order valence-electron chi connectivity index (χ0n) is 18.0. The molecule has 0 radical (unpaired) electrons. The first kappa shape index (κ1) is 23.9. The van der Waals surface area contributed by atoms with E-state index in [0.717, 1.165) is 12.2 Å². The summed E-state index contributed by atoms with van der Waals surface area (Å²) in [4.78, 5) is 24.3. The quantitative estimate of drug-likeness (QED) is 0.575. The molecule has 0 aliphatic carbocycles. The number of para-hydroxylation sites is 1. The second-order valence-electron chi connectivity index (χ2n) is 7.75. The number of aliphatic carboxylic acids is 2. The van der Waals surface area contributed by atoms with Crippen LogP contribution in [0.2, 0.25) is 0 Å². The van der Waals surface area contributed by atoms with E-state index in [2.05, 4.69) is 53.4 Å². The minimum absolute atomic E-state index is 0.169. The maximum Gasteiger partial charge on any atom is 0.328 e. The number of carboxylic acids is 2. The highest BCUT2D eigenvalue weighted by Gasteiger charge is 2.23. The van der Waals surface area contributed by atoms with Gasteiger partial charge < -0.3 is 19.8 Å². The fourth-order valence-corrected chi connectivity index (χ4v) is 4.91. The molecule has 0 aromatic heterocycles. The molecule has 6 nitrogen and oxygen atoms in total. The standard InChI is InChI=1S/C21H25NOS.C4H4O4/c1-6-14-22(15-7-1)16-8-11-18-17-9-2-4-12-20(17)24-21-13-5-3-10-19(21)23-18;5-3(6)1-2-4(7)8/h2-5,9-10,12-13,18H,1,6-8,11,14-16H2;1-2H,(H,5,6)(H,7,8). The first-order chi connectivity index (χ1) is 15.5. The predicted molar refractivity (Wildman–Crippen MR) is 124 cm³/mol. The summed E-state index contributed by atoms with van der Waals surface area (Å²) >= 11 is 1.83. The van der Waals surface area contributed by atoms with Crippen LogP contribution in [0.3, 0.4) is 0 Å². The van der Waals surface area contributed by atoms with Crippen LogP contribution >= 0.6 is 11.8 Å². The molecule has 1 atom stereocenters. The molecule has 0 saturated carbocycles. The molecule has 0 amide bonds. The van der Waals surface area contributed by atoms with Crippen molar-refractivity contribution >= 4 is 23.7 Å². The topological polar surface area (TPSA) is 87.1 Å². The van der Waals surface area contributed by atoms with E-state index in [1.807, 2.05) is 11.8 Å². The Bertz CT molecular complexity index is 923. The summed E-state index contributed by atoms with van der Waals surface area (Å²) in [6, 6.07) is 17.2. The molecule has 1 unspecified atom stereocenters. The van der Waals surface area contributed by atoms with E-state index >= 15 is 0 Å². The molecule has 2 heterocycles. The van der Waals surface area contributed by atoms with Gasteiger partial charge in [-0.25, -0.2) is 9.59 Å². The summed E-state index contributed by atoms with van der Waals surface area (Å²) in [5.74, 6) is -1.48. The van der Waals surface area contributed by atoms with Crippen molar-refractivity contribution in [2.24, 2.45) is 0 Å². The number of carbonyl (C=O) groups is 2. The lowest BCUT2D eigenvalue weighted by atomic mass is 10.0.